The average molecular weight is 671 g/mol. The van der Waals surface area contributed by atoms with Crippen LogP contribution in [-0.2, 0) is 34.9 Å². The Morgan fingerprint density at radius 3 is 1.76 bits per heavy atom. The van der Waals surface area contributed by atoms with Crippen molar-refractivity contribution in [3.8, 4) is 5.75 Å². The zero-order valence-corrected chi connectivity index (χ0v) is 26.4. The molecule has 1 unspecified atom stereocenters. The molecule has 1 aliphatic rings. The van der Waals surface area contributed by atoms with Crippen LogP contribution in [0.2, 0.25) is 0 Å². The minimum absolute atomic E-state index is 0.0172. The quantitative estimate of drug-likeness (QED) is 0.260. The Bertz CT molecular complexity index is 1970. The second-order valence-electron chi connectivity index (χ2n) is 9.97. The summed E-state index contributed by atoms with van der Waals surface area (Å²) >= 11 is 0. The maximum absolute atomic E-state index is 13.7. The van der Waals surface area contributed by atoms with Crippen LogP contribution in [0, 0.1) is 0 Å². The van der Waals surface area contributed by atoms with Gasteiger partial charge in [0, 0.05) is 31.0 Å². The highest BCUT2D eigenvalue weighted by Gasteiger charge is 2.43. The highest BCUT2D eigenvalue weighted by atomic mass is 32.2. The van der Waals surface area contributed by atoms with Crippen LogP contribution in [0.4, 0.5) is 11.4 Å². The third-order valence-electron chi connectivity index (χ3n) is 7.10. The number of rotatable bonds is 10. The fourth-order valence-corrected chi connectivity index (χ4v) is 8.85. The fourth-order valence-electron chi connectivity index (χ4n) is 4.75. The number of hydrogen-bond donors (Lipinski definition) is 2. The molecule has 0 spiro atoms. The molecule has 12 nitrogen and oxygen atoms in total. The summed E-state index contributed by atoms with van der Waals surface area (Å²) in [6.45, 7) is -0.871. The molecule has 1 atom stereocenters. The van der Waals surface area contributed by atoms with Crippen molar-refractivity contribution in [2.45, 2.75) is 20.7 Å². The predicted molar refractivity (Wildman–Crippen MR) is 168 cm³/mol. The van der Waals surface area contributed by atoms with Gasteiger partial charge in [-0.3, -0.25) is 9.52 Å². The summed E-state index contributed by atoms with van der Waals surface area (Å²) in [5.74, 6) is -0.221. The van der Waals surface area contributed by atoms with Gasteiger partial charge >= 0.3 is 0 Å². The number of nitrogens with zero attached hydrogens (tertiary/aromatic N) is 2. The first-order valence-electron chi connectivity index (χ1n) is 13.6. The van der Waals surface area contributed by atoms with Crippen molar-refractivity contribution < 1.29 is 34.8 Å². The highest BCUT2D eigenvalue weighted by Crippen LogP contribution is 2.27. The number of benzene rings is 4. The molecule has 0 radical (unpaired) electrons. The number of hydrogen-bond acceptors (Lipinski definition) is 8. The van der Waals surface area contributed by atoms with E-state index >= 15 is 0 Å². The summed E-state index contributed by atoms with van der Waals surface area (Å²) in [4.78, 5) is 13.6. The Labute approximate surface area is 262 Å². The van der Waals surface area contributed by atoms with Crippen molar-refractivity contribution in [1.29, 1.82) is 0 Å². The molecule has 0 saturated carbocycles. The molecule has 4 aromatic rings. The highest BCUT2D eigenvalue weighted by molar-refractivity contribution is 7.92. The lowest BCUT2D eigenvalue weighted by Gasteiger charge is -2.38. The molecule has 5 rings (SSSR count). The summed E-state index contributed by atoms with van der Waals surface area (Å²) in [7, 11) is -10.7. The van der Waals surface area contributed by atoms with Gasteiger partial charge in [-0.2, -0.15) is 8.61 Å². The molecule has 0 bridgehead atoms. The van der Waals surface area contributed by atoms with Crippen molar-refractivity contribution in [2.75, 3.05) is 36.8 Å². The predicted octanol–water partition coefficient (Wildman–Crippen LogP) is 3.20. The molecule has 45 heavy (non-hydrogen) atoms. The molecule has 1 aliphatic heterocycles. The van der Waals surface area contributed by atoms with E-state index in [0.717, 1.165) is 8.61 Å². The minimum Gasteiger partial charge on any atom is -0.497 e. The third-order valence-corrected chi connectivity index (χ3v) is 12.3. The van der Waals surface area contributed by atoms with Gasteiger partial charge in [-0.25, -0.2) is 25.3 Å². The van der Waals surface area contributed by atoms with Gasteiger partial charge in [0.2, 0.25) is 26.0 Å². The normalized spacial score (nSPS) is 16.5. The SMILES string of the molecule is COc1ccc(NS(=O)(=O)c2ccc(NC(=O)C3CN(S(=O)(=O)c4ccccc4)CCN3S(=O)(=O)c3ccccc3)cc2)cc1. The van der Waals surface area contributed by atoms with E-state index in [4.69, 9.17) is 4.74 Å². The first-order valence-corrected chi connectivity index (χ1v) is 18.0. The molecule has 236 valence electrons. The molecular formula is C30H30N4O8S3. The Morgan fingerprint density at radius 2 is 1.20 bits per heavy atom. The van der Waals surface area contributed by atoms with E-state index in [1.807, 2.05) is 0 Å². The number of carbonyl (C=O) groups excluding carboxylic acids is 1. The lowest BCUT2D eigenvalue weighted by molar-refractivity contribution is -0.120. The number of ether oxygens (including phenoxy) is 1. The molecule has 15 heteroatoms. The first kappa shape index (κ1) is 32.1. The summed E-state index contributed by atoms with van der Waals surface area (Å²) in [6.07, 6.45) is 0. The van der Waals surface area contributed by atoms with E-state index in [1.165, 1.54) is 55.6 Å². The first-order chi connectivity index (χ1) is 21.4. The summed E-state index contributed by atoms with van der Waals surface area (Å²) in [5.41, 5.74) is 0.503. The molecule has 1 saturated heterocycles. The van der Waals surface area contributed by atoms with Crippen LogP contribution < -0.4 is 14.8 Å². The molecular weight excluding hydrogens is 641 g/mol. The zero-order valence-electron chi connectivity index (χ0n) is 24.0. The van der Waals surface area contributed by atoms with E-state index in [-0.39, 0.29) is 33.5 Å². The molecule has 0 aromatic heterocycles. The molecule has 2 N–H and O–H groups in total. The maximum atomic E-state index is 13.7. The minimum atomic E-state index is -4.19. The van der Waals surface area contributed by atoms with Crippen molar-refractivity contribution >= 4 is 47.4 Å². The van der Waals surface area contributed by atoms with E-state index in [1.54, 1.807) is 60.7 Å². The number of sulfonamides is 3. The van der Waals surface area contributed by atoms with Crippen molar-refractivity contribution in [2.24, 2.45) is 0 Å². The van der Waals surface area contributed by atoms with Gasteiger partial charge in [-0.1, -0.05) is 36.4 Å². The number of methoxy groups -OCH3 is 1. The molecule has 1 amide bonds. The van der Waals surface area contributed by atoms with Gasteiger partial charge < -0.3 is 10.1 Å². The Balaban J connectivity index is 1.38. The van der Waals surface area contributed by atoms with Gasteiger partial charge in [0.05, 0.1) is 21.8 Å². The number of piperazine rings is 1. The van der Waals surface area contributed by atoms with Crippen LogP contribution in [0.3, 0.4) is 0 Å². The van der Waals surface area contributed by atoms with Crippen LogP contribution in [0.5, 0.6) is 5.75 Å². The van der Waals surface area contributed by atoms with Crippen LogP contribution in [-0.4, -0.2) is 72.6 Å². The van der Waals surface area contributed by atoms with Crippen molar-refractivity contribution in [3.63, 3.8) is 0 Å². The third kappa shape index (κ3) is 7.02. The van der Waals surface area contributed by atoms with Crippen LogP contribution in [0.1, 0.15) is 0 Å². The lowest BCUT2D eigenvalue weighted by Crippen LogP contribution is -2.60. The molecule has 1 fully saturated rings. The largest absolute Gasteiger partial charge is 0.497 e. The number of nitrogens with one attached hydrogen (secondary N) is 2. The zero-order chi connectivity index (χ0) is 32.2. The fraction of sp³-hybridized carbons (Fsp3) is 0.167. The average Bonchev–Trinajstić information content (AvgIpc) is 3.05. The smallest absolute Gasteiger partial charge is 0.261 e. The van der Waals surface area contributed by atoms with Gasteiger partial charge in [-0.05, 0) is 72.8 Å². The summed E-state index contributed by atoms with van der Waals surface area (Å²) < 4.78 is 89.5. The second kappa shape index (κ2) is 13.0. The number of amides is 1. The van der Waals surface area contributed by atoms with Crippen molar-refractivity contribution in [3.05, 3.63) is 109 Å². The van der Waals surface area contributed by atoms with E-state index in [9.17, 15) is 30.0 Å². The topological polar surface area (TPSA) is 159 Å². The lowest BCUT2D eigenvalue weighted by atomic mass is 10.2. The van der Waals surface area contributed by atoms with E-state index in [0.29, 0.717) is 11.4 Å². The maximum Gasteiger partial charge on any atom is 0.261 e. The van der Waals surface area contributed by atoms with Gasteiger partial charge in [0.15, 0.2) is 0 Å². The van der Waals surface area contributed by atoms with Gasteiger partial charge in [0.1, 0.15) is 11.8 Å². The van der Waals surface area contributed by atoms with Crippen molar-refractivity contribution in [1.82, 2.24) is 8.61 Å². The van der Waals surface area contributed by atoms with Gasteiger partial charge in [0.25, 0.3) is 10.0 Å². The standard InChI is InChI=1S/C30H30N4O8S3/c1-42-25-16-12-24(13-17-25)32-43(36,37)26-18-14-23(15-19-26)31-30(35)29-22-33(44(38,39)27-8-4-2-5-9-27)20-21-34(29)45(40,41)28-10-6-3-7-11-28/h2-19,29,32H,20-22H2,1H3,(H,31,35). The van der Waals surface area contributed by atoms with Crippen LogP contribution in [0.15, 0.2) is 124 Å². The van der Waals surface area contributed by atoms with Crippen LogP contribution in [0.25, 0.3) is 0 Å². The van der Waals surface area contributed by atoms with Crippen LogP contribution >= 0.6 is 0 Å². The summed E-state index contributed by atoms with van der Waals surface area (Å²) in [5, 5.41) is 2.62. The van der Waals surface area contributed by atoms with E-state index < -0.39 is 48.6 Å². The molecule has 0 aliphatic carbocycles. The van der Waals surface area contributed by atoms with Gasteiger partial charge in [-0.15, -0.1) is 0 Å². The Hall–Kier alpha value is -4.28. The van der Waals surface area contributed by atoms with E-state index in [2.05, 4.69) is 10.0 Å². The number of carbonyl (C=O) groups is 1. The molecule has 1 heterocycles. The molecule has 4 aromatic carbocycles. The monoisotopic (exact) mass is 670 g/mol. The second-order valence-corrected chi connectivity index (χ2v) is 15.5. The Morgan fingerprint density at radius 1 is 0.667 bits per heavy atom. The summed E-state index contributed by atoms with van der Waals surface area (Å²) in [6, 6.07) is 25.4. The Kier molecular flexibility index (Phi) is 9.27. The number of anilines is 2.